The number of benzene rings is 1. The molecule has 1 amide bonds. The Hall–Kier alpha value is -2.91. The first-order valence-corrected chi connectivity index (χ1v) is 10.2. The van der Waals surface area contributed by atoms with Crippen molar-refractivity contribution in [2.24, 2.45) is 5.73 Å². The molecule has 5 N–H and O–H groups in total. The van der Waals surface area contributed by atoms with Crippen LogP contribution >= 0.6 is 0 Å². The third-order valence-corrected chi connectivity index (χ3v) is 5.17. The molecule has 1 aromatic heterocycles. The number of aromatic nitrogens is 2. The number of amides is 1. The summed E-state index contributed by atoms with van der Waals surface area (Å²) < 4.78 is 5.49. The van der Waals surface area contributed by atoms with Gasteiger partial charge in [0.05, 0.1) is 12.8 Å². The number of carbonyl (C=O) groups is 1. The summed E-state index contributed by atoms with van der Waals surface area (Å²) in [5.41, 5.74) is 7.73. The van der Waals surface area contributed by atoms with Crippen LogP contribution in [0, 0.1) is 6.92 Å². The number of nitrogens with one attached hydrogen (secondary N) is 3. The predicted molar refractivity (Wildman–Crippen MR) is 119 cm³/mol. The van der Waals surface area contributed by atoms with Gasteiger partial charge in [-0.2, -0.15) is 4.98 Å². The highest BCUT2D eigenvalue weighted by atomic mass is 16.5. The fraction of sp³-hybridized carbons (Fsp3) is 0.476. The smallest absolute Gasteiger partial charge is 0.251 e. The second-order valence-corrected chi connectivity index (χ2v) is 7.53. The van der Waals surface area contributed by atoms with Crippen molar-refractivity contribution in [2.75, 3.05) is 51.0 Å². The van der Waals surface area contributed by atoms with Gasteiger partial charge < -0.3 is 31.3 Å². The minimum absolute atomic E-state index is 0.0886. The van der Waals surface area contributed by atoms with Crippen LogP contribution in [0.25, 0.3) is 0 Å². The van der Waals surface area contributed by atoms with Gasteiger partial charge in [0.1, 0.15) is 11.6 Å². The number of methoxy groups -OCH3 is 1. The monoisotopic (exact) mass is 413 g/mol. The highest BCUT2D eigenvalue weighted by molar-refractivity contribution is 5.95. The van der Waals surface area contributed by atoms with Crippen LogP contribution in [-0.2, 0) is 0 Å². The van der Waals surface area contributed by atoms with Crippen molar-refractivity contribution in [3.63, 3.8) is 0 Å². The molecule has 0 saturated carbocycles. The molecule has 0 unspecified atom stereocenters. The van der Waals surface area contributed by atoms with Gasteiger partial charge in [0.25, 0.3) is 5.91 Å². The van der Waals surface area contributed by atoms with Crippen molar-refractivity contribution in [2.45, 2.75) is 25.8 Å². The van der Waals surface area contributed by atoms with Crippen LogP contribution in [0.1, 0.15) is 28.8 Å². The van der Waals surface area contributed by atoms with E-state index in [1.54, 1.807) is 31.5 Å². The van der Waals surface area contributed by atoms with E-state index in [1.165, 1.54) is 0 Å². The summed E-state index contributed by atoms with van der Waals surface area (Å²) in [4.78, 5) is 23.8. The van der Waals surface area contributed by atoms with Gasteiger partial charge in [0.2, 0.25) is 5.95 Å². The van der Waals surface area contributed by atoms with Gasteiger partial charge in [0.15, 0.2) is 0 Å². The van der Waals surface area contributed by atoms with Gasteiger partial charge >= 0.3 is 0 Å². The number of piperidine rings is 1. The van der Waals surface area contributed by atoms with Crippen molar-refractivity contribution in [1.82, 2.24) is 20.2 Å². The molecule has 0 spiro atoms. The Morgan fingerprint density at radius 3 is 2.80 bits per heavy atom. The van der Waals surface area contributed by atoms with Crippen molar-refractivity contribution in [1.29, 1.82) is 0 Å². The molecule has 2 heterocycles. The molecular weight excluding hydrogens is 382 g/mol. The minimum atomic E-state index is -0.0886. The zero-order valence-electron chi connectivity index (χ0n) is 17.9. The van der Waals surface area contributed by atoms with E-state index in [-0.39, 0.29) is 11.9 Å². The molecule has 0 atom stereocenters. The van der Waals surface area contributed by atoms with E-state index in [0.717, 1.165) is 37.3 Å². The molecule has 1 aromatic carbocycles. The average molecular weight is 414 g/mol. The number of anilines is 3. The van der Waals surface area contributed by atoms with Crippen LogP contribution in [-0.4, -0.2) is 67.2 Å². The SMILES string of the molecule is COc1cc(C(=O)NC2CCN(C)CC2)ccc1Nc1ncc(C)c(NCCN)n1. The Balaban J connectivity index is 1.70. The lowest BCUT2D eigenvalue weighted by Gasteiger charge is -2.29. The minimum Gasteiger partial charge on any atom is -0.495 e. The Labute approximate surface area is 177 Å². The first-order chi connectivity index (χ1) is 14.5. The molecule has 2 aromatic rings. The number of nitrogens with two attached hydrogens (primary N) is 1. The number of likely N-dealkylation sites (tertiary alicyclic amines) is 1. The Kier molecular flexibility index (Phi) is 7.42. The molecule has 0 radical (unpaired) electrons. The maximum Gasteiger partial charge on any atom is 0.251 e. The van der Waals surface area contributed by atoms with E-state index in [0.29, 0.717) is 36.0 Å². The van der Waals surface area contributed by atoms with Gasteiger partial charge in [-0.25, -0.2) is 4.98 Å². The van der Waals surface area contributed by atoms with Gasteiger partial charge in [-0.15, -0.1) is 0 Å². The molecule has 0 bridgehead atoms. The molecule has 1 saturated heterocycles. The van der Waals surface area contributed by atoms with Gasteiger partial charge in [-0.1, -0.05) is 0 Å². The lowest BCUT2D eigenvalue weighted by molar-refractivity contribution is 0.0916. The van der Waals surface area contributed by atoms with Crippen molar-refractivity contribution in [3.05, 3.63) is 35.5 Å². The number of hydrogen-bond acceptors (Lipinski definition) is 8. The number of ether oxygens (including phenoxy) is 1. The summed E-state index contributed by atoms with van der Waals surface area (Å²) in [6.45, 7) is 5.06. The first kappa shape index (κ1) is 21.8. The van der Waals surface area contributed by atoms with Gasteiger partial charge in [-0.3, -0.25) is 4.79 Å². The number of nitrogens with zero attached hydrogens (tertiary/aromatic N) is 3. The summed E-state index contributed by atoms with van der Waals surface area (Å²) in [6.07, 6.45) is 3.67. The Bertz CT molecular complexity index is 866. The standard InChI is InChI=1S/C21H31N7O2/c1-14-13-24-21(27-19(14)23-9-8-22)26-17-5-4-15(12-18(17)30-3)20(29)25-16-6-10-28(2)11-7-16/h4-5,12-13,16H,6-11,22H2,1-3H3,(H,25,29)(H2,23,24,26,27). The maximum atomic E-state index is 12.7. The maximum absolute atomic E-state index is 12.7. The highest BCUT2D eigenvalue weighted by Gasteiger charge is 2.20. The van der Waals surface area contributed by atoms with E-state index in [4.69, 9.17) is 10.5 Å². The largest absolute Gasteiger partial charge is 0.495 e. The second kappa shape index (κ2) is 10.2. The van der Waals surface area contributed by atoms with Crippen LogP contribution in [0.2, 0.25) is 0 Å². The number of aryl methyl sites for hydroxylation is 1. The van der Waals surface area contributed by atoms with E-state index < -0.39 is 0 Å². The van der Waals surface area contributed by atoms with E-state index >= 15 is 0 Å². The second-order valence-electron chi connectivity index (χ2n) is 7.53. The molecule has 30 heavy (non-hydrogen) atoms. The lowest BCUT2D eigenvalue weighted by Crippen LogP contribution is -2.43. The third kappa shape index (κ3) is 5.58. The van der Waals surface area contributed by atoms with E-state index in [1.807, 2.05) is 6.92 Å². The van der Waals surface area contributed by atoms with Crippen LogP contribution in [0.3, 0.4) is 0 Å². The molecule has 9 heteroatoms. The number of carbonyl (C=O) groups excluding carboxylic acids is 1. The zero-order chi connectivity index (χ0) is 21.5. The topological polar surface area (TPSA) is 117 Å². The summed E-state index contributed by atoms with van der Waals surface area (Å²) in [5.74, 6) is 1.62. The summed E-state index contributed by atoms with van der Waals surface area (Å²) >= 11 is 0. The van der Waals surface area contributed by atoms with Crippen LogP contribution in [0.15, 0.2) is 24.4 Å². The lowest BCUT2D eigenvalue weighted by atomic mass is 10.0. The number of rotatable bonds is 8. The predicted octanol–water partition coefficient (Wildman–Crippen LogP) is 1.73. The molecule has 162 valence electrons. The van der Waals surface area contributed by atoms with Crippen molar-refractivity contribution < 1.29 is 9.53 Å². The highest BCUT2D eigenvalue weighted by Crippen LogP contribution is 2.28. The van der Waals surface area contributed by atoms with Crippen molar-refractivity contribution in [3.8, 4) is 5.75 Å². The van der Waals surface area contributed by atoms with Crippen molar-refractivity contribution >= 4 is 23.4 Å². The fourth-order valence-electron chi connectivity index (χ4n) is 3.35. The zero-order valence-corrected chi connectivity index (χ0v) is 17.9. The normalized spacial score (nSPS) is 14.9. The molecule has 1 aliphatic heterocycles. The summed E-state index contributed by atoms with van der Waals surface area (Å²) in [5, 5.41) is 9.47. The third-order valence-electron chi connectivity index (χ3n) is 5.17. The summed E-state index contributed by atoms with van der Waals surface area (Å²) in [7, 11) is 3.67. The molecular formula is C21H31N7O2. The quantitative estimate of drug-likeness (QED) is 0.517. The Morgan fingerprint density at radius 1 is 1.33 bits per heavy atom. The first-order valence-electron chi connectivity index (χ1n) is 10.2. The molecule has 0 aliphatic carbocycles. The average Bonchev–Trinajstić information content (AvgIpc) is 2.75. The van der Waals surface area contributed by atoms with E-state index in [9.17, 15) is 4.79 Å². The molecule has 3 rings (SSSR count). The fourth-order valence-corrected chi connectivity index (χ4v) is 3.35. The Morgan fingerprint density at radius 2 is 2.10 bits per heavy atom. The van der Waals surface area contributed by atoms with Crippen LogP contribution < -0.4 is 26.4 Å². The molecule has 1 aliphatic rings. The van der Waals surface area contributed by atoms with Crippen LogP contribution in [0.5, 0.6) is 5.75 Å². The molecule has 9 nitrogen and oxygen atoms in total. The van der Waals surface area contributed by atoms with Gasteiger partial charge in [0, 0.05) is 36.5 Å². The van der Waals surface area contributed by atoms with Crippen LogP contribution in [0.4, 0.5) is 17.5 Å². The van der Waals surface area contributed by atoms with E-state index in [2.05, 4.69) is 37.9 Å². The van der Waals surface area contributed by atoms with Gasteiger partial charge in [-0.05, 0) is 58.1 Å². The number of hydrogen-bond donors (Lipinski definition) is 4. The summed E-state index contributed by atoms with van der Waals surface area (Å²) in [6, 6.07) is 5.52. The molecule has 1 fully saturated rings.